The van der Waals surface area contributed by atoms with E-state index in [9.17, 15) is 8.42 Å². The second-order valence-corrected chi connectivity index (χ2v) is 8.14. The predicted molar refractivity (Wildman–Crippen MR) is 83.6 cm³/mol. The van der Waals surface area contributed by atoms with Crippen molar-refractivity contribution < 1.29 is 12.8 Å². The van der Waals surface area contributed by atoms with Crippen molar-refractivity contribution in [3.8, 4) is 0 Å². The van der Waals surface area contributed by atoms with Gasteiger partial charge in [0.25, 0.3) is 0 Å². The highest BCUT2D eigenvalue weighted by Gasteiger charge is 2.22. The van der Waals surface area contributed by atoms with Crippen LogP contribution in [0.5, 0.6) is 0 Å². The molecule has 0 spiro atoms. The number of sulfonamides is 1. The molecule has 0 aromatic carbocycles. The number of hydrogen-bond donors (Lipinski definition) is 1. The molecular formula is C13H12ClN3O3S2. The molecule has 0 fully saturated rings. The van der Waals surface area contributed by atoms with E-state index in [1.165, 1.54) is 6.07 Å². The van der Waals surface area contributed by atoms with Crippen molar-refractivity contribution in [2.45, 2.75) is 10.3 Å². The highest BCUT2D eigenvalue weighted by molar-refractivity contribution is 7.91. The Hall–Kier alpha value is -1.61. The third kappa shape index (κ3) is 3.25. The Balaban J connectivity index is 1.80. The molecule has 3 aromatic rings. The number of nitrogens with zero attached hydrogens (tertiary/aromatic N) is 2. The van der Waals surface area contributed by atoms with E-state index in [0.717, 1.165) is 11.3 Å². The molecule has 0 amide bonds. The number of thiophene rings is 1. The minimum absolute atomic E-state index is 0.118. The molecule has 0 aliphatic carbocycles. The van der Waals surface area contributed by atoms with E-state index in [4.69, 9.17) is 16.0 Å². The molecule has 0 aliphatic heterocycles. The van der Waals surface area contributed by atoms with Gasteiger partial charge in [0.05, 0.1) is 10.6 Å². The average molecular weight is 358 g/mol. The van der Waals surface area contributed by atoms with Crippen molar-refractivity contribution in [1.82, 2.24) is 14.5 Å². The van der Waals surface area contributed by atoms with Crippen LogP contribution in [0.4, 0.5) is 0 Å². The number of nitrogens with one attached hydrogen (secondary N) is 1. The number of aromatic nitrogens is 2. The number of hydrogen-bond acceptors (Lipinski definition) is 5. The molecule has 3 aromatic heterocycles. The maximum Gasteiger partial charge on any atom is 0.250 e. The standard InChI is InChI=1S/C13H12ClN3O3S2/c14-12-4-5-13(21-12)22(18,19)16-9-10(11-3-1-8-20-11)17-7-2-6-15-17/h1-8,10,16H,9H2. The van der Waals surface area contributed by atoms with Gasteiger partial charge in [-0.1, -0.05) is 11.6 Å². The summed E-state index contributed by atoms with van der Waals surface area (Å²) in [5.74, 6) is 0.621. The van der Waals surface area contributed by atoms with Crippen LogP contribution in [0, 0.1) is 0 Å². The maximum absolute atomic E-state index is 12.3. The number of rotatable bonds is 6. The van der Waals surface area contributed by atoms with Crippen molar-refractivity contribution in [1.29, 1.82) is 0 Å². The van der Waals surface area contributed by atoms with Gasteiger partial charge in [-0.25, -0.2) is 13.1 Å². The first-order valence-corrected chi connectivity index (χ1v) is 9.01. The third-order valence-electron chi connectivity index (χ3n) is 3.00. The second kappa shape index (κ2) is 6.25. The molecule has 0 bridgehead atoms. The molecule has 3 heterocycles. The average Bonchev–Trinajstić information content (AvgIpc) is 3.20. The van der Waals surface area contributed by atoms with E-state index < -0.39 is 10.0 Å². The van der Waals surface area contributed by atoms with Crippen LogP contribution in [0.1, 0.15) is 11.8 Å². The van der Waals surface area contributed by atoms with Gasteiger partial charge in [0.1, 0.15) is 16.0 Å². The molecule has 22 heavy (non-hydrogen) atoms. The SMILES string of the molecule is O=S(=O)(NCC(c1ccco1)n1cccn1)c1ccc(Cl)s1. The monoisotopic (exact) mass is 357 g/mol. The summed E-state index contributed by atoms with van der Waals surface area (Å²) in [6.07, 6.45) is 4.92. The first kappa shape index (κ1) is 15.3. The molecule has 0 aliphatic rings. The zero-order valence-corrected chi connectivity index (χ0v) is 13.6. The van der Waals surface area contributed by atoms with E-state index in [1.807, 2.05) is 0 Å². The summed E-state index contributed by atoms with van der Waals surface area (Å²) in [5, 5.41) is 4.15. The van der Waals surface area contributed by atoms with Gasteiger partial charge < -0.3 is 4.42 Å². The fourth-order valence-electron chi connectivity index (χ4n) is 1.97. The number of furan rings is 1. The van der Waals surface area contributed by atoms with Crippen molar-refractivity contribution in [3.63, 3.8) is 0 Å². The summed E-state index contributed by atoms with van der Waals surface area (Å²) in [6, 6.07) is 7.96. The van der Waals surface area contributed by atoms with Gasteiger partial charge in [-0.05, 0) is 30.3 Å². The molecular weight excluding hydrogens is 346 g/mol. The third-order valence-corrected chi connectivity index (χ3v) is 6.14. The first-order valence-electron chi connectivity index (χ1n) is 6.34. The van der Waals surface area contributed by atoms with E-state index in [1.54, 1.807) is 47.6 Å². The topological polar surface area (TPSA) is 77.1 Å². The van der Waals surface area contributed by atoms with E-state index in [-0.39, 0.29) is 16.8 Å². The summed E-state index contributed by atoms with van der Waals surface area (Å²) in [4.78, 5) is 0. The highest BCUT2D eigenvalue weighted by Crippen LogP contribution is 2.26. The van der Waals surface area contributed by atoms with Gasteiger partial charge >= 0.3 is 0 Å². The van der Waals surface area contributed by atoms with Crippen molar-refractivity contribution in [2.24, 2.45) is 0 Å². The molecule has 0 radical (unpaired) electrons. The Kier molecular flexibility index (Phi) is 4.34. The van der Waals surface area contributed by atoms with Crippen molar-refractivity contribution >= 4 is 33.0 Å². The Morgan fingerprint density at radius 2 is 2.23 bits per heavy atom. The van der Waals surface area contributed by atoms with Crippen LogP contribution in [-0.4, -0.2) is 24.7 Å². The molecule has 9 heteroatoms. The molecule has 0 saturated heterocycles. The lowest BCUT2D eigenvalue weighted by Gasteiger charge is -2.15. The largest absolute Gasteiger partial charge is 0.467 e. The second-order valence-electron chi connectivity index (χ2n) is 4.43. The fourth-order valence-corrected chi connectivity index (χ4v) is 4.54. The van der Waals surface area contributed by atoms with Gasteiger partial charge in [0, 0.05) is 18.9 Å². The van der Waals surface area contributed by atoms with Gasteiger partial charge in [-0.15, -0.1) is 11.3 Å². The lowest BCUT2D eigenvalue weighted by molar-refractivity contribution is 0.402. The van der Waals surface area contributed by atoms with Crippen LogP contribution in [0.25, 0.3) is 0 Å². The van der Waals surface area contributed by atoms with E-state index in [2.05, 4.69) is 9.82 Å². The van der Waals surface area contributed by atoms with Gasteiger partial charge in [-0.2, -0.15) is 5.10 Å². The zero-order chi connectivity index (χ0) is 15.6. The molecule has 116 valence electrons. The normalized spacial score (nSPS) is 13.3. The lowest BCUT2D eigenvalue weighted by Crippen LogP contribution is -2.31. The fraction of sp³-hybridized carbons (Fsp3) is 0.154. The summed E-state index contributed by atoms with van der Waals surface area (Å²) < 4.78 is 34.7. The van der Waals surface area contributed by atoms with Crippen LogP contribution in [0.2, 0.25) is 4.34 Å². The minimum atomic E-state index is -3.62. The Morgan fingerprint density at radius 1 is 1.36 bits per heavy atom. The summed E-state index contributed by atoms with van der Waals surface area (Å²) in [7, 11) is -3.62. The Morgan fingerprint density at radius 3 is 2.82 bits per heavy atom. The summed E-state index contributed by atoms with van der Waals surface area (Å²) in [5.41, 5.74) is 0. The lowest BCUT2D eigenvalue weighted by atomic mass is 10.2. The molecule has 6 nitrogen and oxygen atoms in total. The first-order chi connectivity index (χ1) is 10.6. The number of halogens is 1. The van der Waals surface area contributed by atoms with Gasteiger partial charge in [-0.3, -0.25) is 4.68 Å². The molecule has 0 saturated carbocycles. The Bertz CT molecular complexity index is 792. The quantitative estimate of drug-likeness (QED) is 0.735. The van der Waals surface area contributed by atoms with E-state index >= 15 is 0 Å². The molecule has 1 atom stereocenters. The zero-order valence-electron chi connectivity index (χ0n) is 11.2. The maximum atomic E-state index is 12.3. The van der Waals surface area contributed by atoms with Crippen LogP contribution in [-0.2, 0) is 10.0 Å². The highest BCUT2D eigenvalue weighted by atomic mass is 35.5. The van der Waals surface area contributed by atoms with Crippen molar-refractivity contribution in [3.05, 3.63) is 59.1 Å². The van der Waals surface area contributed by atoms with E-state index in [0.29, 0.717) is 10.1 Å². The van der Waals surface area contributed by atoms with Crippen molar-refractivity contribution in [2.75, 3.05) is 6.54 Å². The molecule has 1 unspecified atom stereocenters. The summed E-state index contributed by atoms with van der Waals surface area (Å²) in [6.45, 7) is 0.118. The smallest absolute Gasteiger partial charge is 0.250 e. The molecule has 3 rings (SSSR count). The minimum Gasteiger partial charge on any atom is -0.467 e. The van der Waals surface area contributed by atoms with Gasteiger partial charge in [0.2, 0.25) is 10.0 Å². The molecule has 1 N–H and O–H groups in total. The summed E-state index contributed by atoms with van der Waals surface area (Å²) >= 11 is 6.80. The Labute approximate surface area is 136 Å². The van der Waals surface area contributed by atoms with Crippen LogP contribution < -0.4 is 4.72 Å². The van der Waals surface area contributed by atoms with Crippen LogP contribution in [0.3, 0.4) is 0 Å². The van der Waals surface area contributed by atoms with Crippen LogP contribution in [0.15, 0.2) is 57.6 Å². The predicted octanol–water partition coefficient (Wildman–Crippen LogP) is 2.76. The van der Waals surface area contributed by atoms with Gasteiger partial charge in [0.15, 0.2) is 0 Å². The van der Waals surface area contributed by atoms with Crippen LogP contribution >= 0.6 is 22.9 Å².